The van der Waals surface area contributed by atoms with Crippen LogP contribution in [0.4, 0.5) is 5.82 Å². The Morgan fingerprint density at radius 2 is 2.27 bits per heavy atom. The van der Waals surface area contributed by atoms with E-state index < -0.39 is 0 Å². The van der Waals surface area contributed by atoms with E-state index in [4.69, 9.17) is 11.6 Å². The Kier molecular flexibility index (Phi) is 10.0. The molecule has 26 heavy (non-hydrogen) atoms. The Hall–Kier alpha value is -1.29. The SMILES string of the molecule is CCCNC(=NCC(=O)N(C)C)NC1CCN(c2ncccc2Cl)C1.I. The molecule has 0 spiro atoms. The third-order valence-electron chi connectivity index (χ3n) is 3.98. The van der Waals surface area contributed by atoms with E-state index in [9.17, 15) is 4.79 Å². The number of nitrogens with zero attached hydrogens (tertiary/aromatic N) is 4. The third kappa shape index (κ3) is 6.79. The van der Waals surface area contributed by atoms with Crippen molar-refractivity contribution in [2.45, 2.75) is 25.8 Å². The summed E-state index contributed by atoms with van der Waals surface area (Å²) in [6.45, 7) is 4.71. The van der Waals surface area contributed by atoms with Crippen molar-refractivity contribution in [3.8, 4) is 0 Å². The molecule has 0 aromatic carbocycles. The summed E-state index contributed by atoms with van der Waals surface area (Å²) in [7, 11) is 3.46. The summed E-state index contributed by atoms with van der Waals surface area (Å²) in [4.78, 5) is 24.3. The molecular formula is C17H28ClIN6O. The predicted octanol–water partition coefficient (Wildman–Crippen LogP) is 1.97. The van der Waals surface area contributed by atoms with Gasteiger partial charge in [0, 0.05) is 46.0 Å². The van der Waals surface area contributed by atoms with E-state index >= 15 is 0 Å². The van der Waals surface area contributed by atoms with Gasteiger partial charge in [0.2, 0.25) is 5.91 Å². The van der Waals surface area contributed by atoms with Crippen molar-refractivity contribution in [3.63, 3.8) is 0 Å². The lowest BCUT2D eigenvalue weighted by atomic mass is 10.3. The molecule has 0 aliphatic carbocycles. The Bertz CT molecular complexity index is 613. The molecule has 9 heteroatoms. The number of carbonyl (C=O) groups is 1. The highest BCUT2D eigenvalue weighted by atomic mass is 127. The number of amides is 1. The van der Waals surface area contributed by atoms with Crippen molar-refractivity contribution >= 4 is 53.3 Å². The van der Waals surface area contributed by atoms with Gasteiger partial charge in [-0.1, -0.05) is 18.5 Å². The zero-order valence-corrected chi connectivity index (χ0v) is 18.6. The quantitative estimate of drug-likeness (QED) is 0.359. The fraction of sp³-hybridized carbons (Fsp3) is 0.588. The largest absolute Gasteiger partial charge is 0.356 e. The molecule has 1 aliphatic rings. The molecule has 1 aliphatic heterocycles. The van der Waals surface area contributed by atoms with E-state index in [0.29, 0.717) is 11.0 Å². The maximum Gasteiger partial charge on any atom is 0.243 e. The number of pyridine rings is 1. The highest BCUT2D eigenvalue weighted by Gasteiger charge is 2.25. The summed E-state index contributed by atoms with van der Waals surface area (Å²) in [6.07, 6.45) is 3.70. The molecule has 1 saturated heterocycles. The average Bonchev–Trinajstić information content (AvgIpc) is 3.05. The molecule has 1 atom stereocenters. The van der Waals surface area contributed by atoms with Gasteiger partial charge in [0.1, 0.15) is 12.4 Å². The van der Waals surface area contributed by atoms with Crippen molar-refractivity contribution < 1.29 is 4.79 Å². The van der Waals surface area contributed by atoms with Crippen LogP contribution in [0.25, 0.3) is 0 Å². The Morgan fingerprint density at radius 1 is 1.50 bits per heavy atom. The number of aliphatic imine (C=N–C) groups is 1. The Balaban J connectivity index is 0.00000338. The lowest BCUT2D eigenvalue weighted by molar-refractivity contribution is -0.127. The number of guanidine groups is 1. The number of halogens is 2. The minimum Gasteiger partial charge on any atom is -0.356 e. The topological polar surface area (TPSA) is 72.9 Å². The van der Waals surface area contributed by atoms with Crippen LogP contribution in [0.2, 0.25) is 5.02 Å². The van der Waals surface area contributed by atoms with Crippen LogP contribution in [0, 0.1) is 0 Å². The second kappa shape index (κ2) is 11.4. The second-order valence-electron chi connectivity index (χ2n) is 6.26. The summed E-state index contributed by atoms with van der Waals surface area (Å²) < 4.78 is 0. The summed E-state index contributed by atoms with van der Waals surface area (Å²) in [5.41, 5.74) is 0. The molecule has 1 aromatic heterocycles. The highest BCUT2D eigenvalue weighted by molar-refractivity contribution is 14.0. The molecule has 146 valence electrons. The van der Waals surface area contributed by atoms with Gasteiger partial charge in [-0.15, -0.1) is 24.0 Å². The molecule has 1 unspecified atom stereocenters. The van der Waals surface area contributed by atoms with E-state index in [1.165, 1.54) is 0 Å². The molecule has 2 N–H and O–H groups in total. The van der Waals surface area contributed by atoms with Gasteiger partial charge in [-0.2, -0.15) is 0 Å². The van der Waals surface area contributed by atoms with Gasteiger partial charge >= 0.3 is 0 Å². The molecular weight excluding hydrogens is 467 g/mol. The first-order chi connectivity index (χ1) is 12.0. The van der Waals surface area contributed by atoms with Crippen molar-refractivity contribution in [2.24, 2.45) is 4.99 Å². The third-order valence-corrected chi connectivity index (χ3v) is 4.28. The Labute approximate surface area is 177 Å². The van der Waals surface area contributed by atoms with E-state index in [0.717, 1.165) is 38.3 Å². The van der Waals surface area contributed by atoms with Crippen molar-refractivity contribution in [3.05, 3.63) is 23.4 Å². The van der Waals surface area contributed by atoms with E-state index in [1.807, 2.05) is 12.1 Å². The van der Waals surface area contributed by atoms with Crippen LogP contribution in [-0.2, 0) is 4.79 Å². The summed E-state index contributed by atoms with van der Waals surface area (Å²) in [6, 6.07) is 3.92. The predicted molar refractivity (Wildman–Crippen MR) is 118 cm³/mol. The highest BCUT2D eigenvalue weighted by Crippen LogP contribution is 2.25. The van der Waals surface area contributed by atoms with Crippen LogP contribution in [0.3, 0.4) is 0 Å². The number of aromatic nitrogens is 1. The first kappa shape index (κ1) is 22.8. The van der Waals surface area contributed by atoms with Crippen molar-refractivity contribution in [1.82, 2.24) is 20.5 Å². The number of likely N-dealkylation sites (N-methyl/N-ethyl adjacent to an activating group) is 1. The maximum atomic E-state index is 11.8. The molecule has 1 aromatic rings. The van der Waals surface area contributed by atoms with Gasteiger partial charge in [-0.05, 0) is 25.0 Å². The van der Waals surface area contributed by atoms with Crippen LogP contribution in [0.5, 0.6) is 0 Å². The summed E-state index contributed by atoms with van der Waals surface area (Å²) >= 11 is 6.24. The van der Waals surface area contributed by atoms with Crippen LogP contribution in [0.15, 0.2) is 23.3 Å². The average molecular weight is 495 g/mol. The molecule has 0 bridgehead atoms. The van der Waals surface area contributed by atoms with Crippen LogP contribution in [-0.4, -0.2) is 68.1 Å². The van der Waals surface area contributed by atoms with E-state index in [1.54, 1.807) is 25.2 Å². The second-order valence-corrected chi connectivity index (χ2v) is 6.67. The van der Waals surface area contributed by atoms with Crippen LogP contribution in [0.1, 0.15) is 19.8 Å². The molecule has 2 rings (SSSR count). The fourth-order valence-electron chi connectivity index (χ4n) is 2.56. The molecule has 1 fully saturated rings. The molecule has 2 heterocycles. The zero-order chi connectivity index (χ0) is 18.2. The standard InChI is InChI=1S/C17H27ClN6O.HI/c1-4-8-20-17(21-11-15(25)23(2)3)22-13-7-10-24(12-13)16-14(18)6-5-9-19-16;/h5-6,9,13H,4,7-8,10-12H2,1-3H3,(H2,20,21,22);1H. The zero-order valence-electron chi connectivity index (χ0n) is 15.5. The summed E-state index contributed by atoms with van der Waals surface area (Å²) in [5.74, 6) is 1.47. The number of rotatable bonds is 6. The van der Waals surface area contributed by atoms with Gasteiger partial charge < -0.3 is 20.4 Å². The van der Waals surface area contributed by atoms with Crippen molar-refractivity contribution in [1.29, 1.82) is 0 Å². The van der Waals surface area contributed by atoms with Gasteiger partial charge in [-0.3, -0.25) is 4.79 Å². The van der Waals surface area contributed by atoms with Gasteiger partial charge in [0.25, 0.3) is 0 Å². The number of hydrogen-bond donors (Lipinski definition) is 2. The minimum atomic E-state index is -0.0223. The number of carbonyl (C=O) groups excluding carboxylic acids is 1. The first-order valence-electron chi connectivity index (χ1n) is 8.61. The van der Waals surface area contributed by atoms with Crippen molar-refractivity contribution in [2.75, 3.05) is 45.2 Å². The number of nitrogens with one attached hydrogen (secondary N) is 2. The maximum absolute atomic E-state index is 11.8. The monoisotopic (exact) mass is 494 g/mol. The molecule has 7 nitrogen and oxygen atoms in total. The molecule has 0 radical (unpaired) electrons. The first-order valence-corrected chi connectivity index (χ1v) is 8.99. The minimum absolute atomic E-state index is 0. The lowest BCUT2D eigenvalue weighted by Gasteiger charge is -2.20. The normalized spacial score (nSPS) is 16.8. The van der Waals surface area contributed by atoms with E-state index in [2.05, 4.69) is 32.4 Å². The van der Waals surface area contributed by atoms with Crippen LogP contribution < -0.4 is 15.5 Å². The van der Waals surface area contributed by atoms with Gasteiger partial charge in [0.05, 0.1) is 5.02 Å². The fourth-order valence-corrected chi connectivity index (χ4v) is 2.80. The van der Waals surface area contributed by atoms with Gasteiger partial charge in [-0.25, -0.2) is 9.98 Å². The summed E-state index contributed by atoms with van der Waals surface area (Å²) in [5, 5.41) is 7.35. The van der Waals surface area contributed by atoms with E-state index in [-0.39, 0.29) is 42.5 Å². The Morgan fingerprint density at radius 3 is 2.92 bits per heavy atom. The number of anilines is 1. The van der Waals surface area contributed by atoms with Crippen LogP contribution >= 0.6 is 35.6 Å². The number of hydrogen-bond acceptors (Lipinski definition) is 4. The molecule has 0 saturated carbocycles. The molecule has 1 amide bonds. The smallest absolute Gasteiger partial charge is 0.243 e. The lowest BCUT2D eigenvalue weighted by Crippen LogP contribution is -2.45. The van der Waals surface area contributed by atoms with Gasteiger partial charge in [0.15, 0.2) is 5.96 Å².